The number of hydrogen-bond donors (Lipinski definition) is 6. The topological polar surface area (TPSA) is 217 Å². The molecule has 3 atom stereocenters. The van der Waals surface area contributed by atoms with Gasteiger partial charge < -0.3 is 35.8 Å². The molecule has 1 aliphatic carbocycles. The molecule has 13 nitrogen and oxygen atoms in total. The third kappa shape index (κ3) is 13.9. The second kappa shape index (κ2) is 23.7. The number of alkyl carbamates (subject to hydrolysis) is 1. The van der Waals surface area contributed by atoms with E-state index in [0.717, 1.165) is 73.3 Å². The number of nitrogens with one attached hydrogen (secondary N) is 2. The number of carboxylic acids is 3. The van der Waals surface area contributed by atoms with Crippen molar-refractivity contribution in [3.63, 3.8) is 0 Å². The minimum Gasteiger partial charge on any atom is -0.481 e. The van der Waals surface area contributed by atoms with Crippen LogP contribution in [0.4, 0.5) is 4.79 Å². The number of carbonyl (C=O) groups excluding carboxylic acids is 3. The van der Waals surface area contributed by atoms with Gasteiger partial charge in [0.2, 0.25) is 5.91 Å². The first-order valence-electron chi connectivity index (χ1n) is 20.9. The van der Waals surface area contributed by atoms with Crippen molar-refractivity contribution >= 4 is 35.7 Å². The Balaban J connectivity index is 1.28. The molecular weight excluding hydrogens is 769 g/mol. The van der Waals surface area contributed by atoms with Crippen LogP contribution < -0.4 is 10.6 Å². The molecule has 0 saturated carbocycles. The summed E-state index contributed by atoms with van der Waals surface area (Å²) < 4.78 is 5.60. The number of fused-ring (bicyclic) bond motifs is 3. The van der Waals surface area contributed by atoms with Gasteiger partial charge in [-0.3, -0.25) is 14.4 Å². The van der Waals surface area contributed by atoms with E-state index >= 15 is 0 Å². The summed E-state index contributed by atoms with van der Waals surface area (Å²) in [5.41, 5.74) is 2.54. The molecule has 0 spiro atoms. The van der Waals surface area contributed by atoms with Crippen LogP contribution >= 0.6 is 0 Å². The van der Waals surface area contributed by atoms with Crippen LogP contribution in [-0.2, 0) is 41.7 Å². The van der Waals surface area contributed by atoms with Crippen molar-refractivity contribution < 1.29 is 53.9 Å². The molecular formula is C47H58N2O11. The number of hydrogen-bond acceptors (Lipinski definition) is 8. The number of rotatable bonds is 27. The number of unbranched alkanes of at least 4 members (excludes halogenated alkanes) is 8. The summed E-state index contributed by atoms with van der Waals surface area (Å²) in [5, 5.41) is 45.3. The fourth-order valence-corrected chi connectivity index (χ4v) is 7.55. The summed E-state index contributed by atoms with van der Waals surface area (Å²) in [5.74, 6) is -7.96. The predicted octanol–water partition coefficient (Wildman–Crippen LogP) is 7.57. The van der Waals surface area contributed by atoms with Crippen LogP contribution in [0.3, 0.4) is 0 Å². The maximum absolute atomic E-state index is 13.5. The fraction of sp³-hybridized carbons (Fsp3) is 0.447. The van der Waals surface area contributed by atoms with Gasteiger partial charge >= 0.3 is 24.0 Å². The van der Waals surface area contributed by atoms with Crippen molar-refractivity contribution in [3.05, 3.63) is 107 Å². The SMILES string of the molecule is CCCCCCCC(=O)CCCCCCC=C[C@H](C(=O)N[C@@H](Cc1ccc(CNC(=O)OCC2c3ccccc3-c3ccccc32)cc1)C(=O)O)[C@@](O)(CC(=O)O)C(=O)O. The van der Waals surface area contributed by atoms with Gasteiger partial charge in [0, 0.05) is 31.7 Å². The van der Waals surface area contributed by atoms with Crippen LogP contribution in [0.2, 0.25) is 0 Å². The van der Waals surface area contributed by atoms with Gasteiger partial charge in [0.15, 0.2) is 5.60 Å². The quantitative estimate of drug-likeness (QED) is 0.0325. The van der Waals surface area contributed by atoms with Crippen molar-refractivity contribution in [1.82, 2.24) is 10.6 Å². The number of Topliss-reactive ketones (excluding diaryl/α,β-unsaturated/α-hetero) is 1. The van der Waals surface area contributed by atoms with Crippen LogP contribution in [0.25, 0.3) is 11.1 Å². The Bertz CT molecular complexity index is 1910. The van der Waals surface area contributed by atoms with Crippen LogP contribution in [0.5, 0.6) is 0 Å². The molecule has 322 valence electrons. The van der Waals surface area contributed by atoms with Gasteiger partial charge in [0.05, 0.1) is 12.3 Å². The van der Waals surface area contributed by atoms with E-state index in [0.29, 0.717) is 36.8 Å². The van der Waals surface area contributed by atoms with Gasteiger partial charge in [-0.1, -0.05) is 130 Å². The van der Waals surface area contributed by atoms with Crippen molar-refractivity contribution in [2.45, 2.75) is 121 Å². The Morgan fingerprint density at radius 3 is 1.88 bits per heavy atom. The van der Waals surface area contributed by atoms with E-state index in [2.05, 4.69) is 29.7 Å². The van der Waals surface area contributed by atoms with E-state index in [1.807, 2.05) is 36.4 Å². The van der Waals surface area contributed by atoms with Crippen molar-refractivity contribution in [2.24, 2.45) is 5.92 Å². The number of ether oxygens (including phenoxy) is 1. The number of aliphatic carboxylic acids is 3. The zero-order valence-corrected chi connectivity index (χ0v) is 34.3. The van der Waals surface area contributed by atoms with Gasteiger partial charge in [-0.05, 0) is 59.1 Å². The Morgan fingerprint density at radius 1 is 0.750 bits per heavy atom. The Morgan fingerprint density at radius 2 is 1.32 bits per heavy atom. The zero-order valence-electron chi connectivity index (χ0n) is 34.3. The standard InChI is InChI=1S/C47H58N2O11/c1-2-3-4-7-10-17-34(50)18-11-8-5-6-9-12-23-40(47(59,45(56)57)29-42(51)52)43(53)49-41(44(54)55)28-32-24-26-33(27-25-32)30-48-46(58)60-31-39-37-21-15-13-19-35(37)36-20-14-16-22-38(36)39/h12-16,19-27,39-41,59H,2-11,17-18,28-31H2,1H3,(H,48,58)(H,49,53)(H,51,52)(H,54,55)(H,56,57)/t40-,41+,47+/m1/s1. The number of aliphatic hydroxyl groups is 1. The van der Waals surface area contributed by atoms with Crippen molar-refractivity contribution in [2.75, 3.05) is 6.61 Å². The molecule has 0 heterocycles. The van der Waals surface area contributed by atoms with E-state index in [1.54, 1.807) is 24.3 Å². The molecule has 4 rings (SSSR count). The summed E-state index contributed by atoms with van der Waals surface area (Å²) in [6.45, 7) is 2.42. The monoisotopic (exact) mass is 826 g/mol. The van der Waals surface area contributed by atoms with Crippen molar-refractivity contribution in [3.8, 4) is 11.1 Å². The van der Waals surface area contributed by atoms with Crippen LogP contribution in [0.15, 0.2) is 84.9 Å². The second-order valence-electron chi connectivity index (χ2n) is 15.5. The van der Waals surface area contributed by atoms with Crippen LogP contribution in [-0.4, -0.2) is 74.4 Å². The molecule has 0 fully saturated rings. The summed E-state index contributed by atoms with van der Waals surface area (Å²) >= 11 is 0. The van der Waals surface area contributed by atoms with Gasteiger partial charge in [-0.25, -0.2) is 14.4 Å². The molecule has 0 radical (unpaired) electrons. The number of amides is 2. The number of benzene rings is 3. The number of carbonyl (C=O) groups is 6. The normalized spacial score (nSPS) is 14.0. The highest BCUT2D eigenvalue weighted by molar-refractivity contribution is 5.94. The number of allylic oxidation sites excluding steroid dienone is 1. The highest BCUT2D eigenvalue weighted by Crippen LogP contribution is 2.44. The van der Waals surface area contributed by atoms with Crippen LogP contribution in [0.1, 0.15) is 119 Å². The number of carboxylic acid groups (broad SMARTS) is 3. The molecule has 0 aromatic heterocycles. The lowest BCUT2D eigenvalue weighted by Gasteiger charge is -2.29. The third-order valence-electron chi connectivity index (χ3n) is 10.9. The maximum atomic E-state index is 13.5. The average Bonchev–Trinajstić information content (AvgIpc) is 3.54. The Kier molecular flexibility index (Phi) is 18.5. The van der Waals surface area contributed by atoms with E-state index in [-0.39, 0.29) is 31.3 Å². The van der Waals surface area contributed by atoms with Gasteiger partial charge in [-0.2, -0.15) is 0 Å². The zero-order chi connectivity index (χ0) is 43.5. The highest BCUT2D eigenvalue weighted by Gasteiger charge is 2.49. The molecule has 1 aliphatic rings. The first-order chi connectivity index (χ1) is 28.8. The molecule has 3 aromatic carbocycles. The van der Waals surface area contributed by atoms with Gasteiger partial charge in [-0.15, -0.1) is 0 Å². The molecule has 0 aliphatic heterocycles. The molecule has 0 bridgehead atoms. The first kappa shape index (κ1) is 46.9. The lowest BCUT2D eigenvalue weighted by atomic mass is 9.82. The molecule has 0 saturated heterocycles. The van der Waals surface area contributed by atoms with Crippen molar-refractivity contribution in [1.29, 1.82) is 0 Å². The predicted molar refractivity (Wildman–Crippen MR) is 225 cm³/mol. The second-order valence-corrected chi connectivity index (χ2v) is 15.5. The fourth-order valence-electron chi connectivity index (χ4n) is 7.55. The van der Waals surface area contributed by atoms with E-state index in [9.17, 15) is 49.2 Å². The third-order valence-corrected chi connectivity index (χ3v) is 10.9. The summed E-state index contributed by atoms with van der Waals surface area (Å²) in [4.78, 5) is 74.4. The molecule has 13 heteroatoms. The van der Waals surface area contributed by atoms with E-state index in [1.165, 1.54) is 12.5 Å². The summed E-state index contributed by atoms with van der Waals surface area (Å²) in [6.07, 6.45) is 10.3. The smallest absolute Gasteiger partial charge is 0.407 e. The Hall–Kier alpha value is -5.82. The number of ketones is 1. The minimum atomic E-state index is -3.06. The average molecular weight is 827 g/mol. The molecule has 2 amide bonds. The van der Waals surface area contributed by atoms with Crippen LogP contribution in [0, 0.1) is 5.92 Å². The van der Waals surface area contributed by atoms with Gasteiger partial charge in [0.1, 0.15) is 18.4 Å². The highest BCUT2D eigenvalue weighted by atomic mass is 16.5. The lowest BCUT2D eigenvalue weighted by Crippen LogP contribution is -2.55. The summed E-state index contributed by atoms with van der Waals surface area (Å²) in [6, 6.07) is 21.1. The first-order valence-corrected chi connectivity index (χ1v) is 20.9. The maximum Gasteiger partial charge on any atom is 0.407 e. The van der Waals surface area contributed by atoms with Gasteiger partial charge in [0.25, 0.3) is 0 Å². The van der Waals surface area contributed by atoms with E-state index in [4.69, 9.17) is 4.74 Å². The largest absolute Gasteiger partial charge is 0.481 e. The summed E-state index contributed by atoms with van der Waals surface area (Å²) in [7, 11) is 0. The van der Waals surface area contributed by atoms with E-state index < -0.39 is 53.9 Å². The molecule has 0 unspecified atom stereocenters. The molecule has 60 heavy (non-hydrogen) atoms. The minimum absolute atomic E-state index is 0.0922. The molecule has 6 N–H and O–H groups in total. The lowest BCUT2D eigenvalue weighted by molar-refractivity contribution is -0.172. The molecule has 3 aromatic rings. The Labute approximate surface area is 351 Å².